The minimum absolute atomic E-state index is 0.744. The molecule has 0 aliphatic heterocycles. The highest BCUT2D eigenvalue weighted by atomic mass is 15.0. The Morgan fingerprint density at radius 3 is 2.50 bits per heavy atom. The van der Waals surface area contributed by atoms with E-state index < -0.39 is 0 Å². The first-order valence-electron chi connectivity index (χ1n) is 5.47. The van der Waals surface area contributed by atoms with Crippen LogP contribution >= 0.6 is 0 Å². The lowest BCUT2D eigenvalue weighted by Gasteiger charge is -2.07. The van der Waals surface area contributed by atoms with E-state index in [9.17, 15) is 0 Å². The molecule has 2 heteroatoms. The Bertz CT molecular complexity index is 503. The van der Waals surface area contributed by atoms with Gasteiger partial charge in [0, 0.05) is 18.7 Å². The molecule has 0 fully saturated rings. The Morgan fingerprint density at radius 2 is 1.88 bits per heavy atom. The maximum atomic E-state index is 8.96. The zero-order chi connectivity index (χ0) is 11.4. The lowest BCUT2D eigenvalue weighted by molar-refractivity contribution is 0.718. The fraction of sp³-hybridized carbons (Fsp3) is 0.214. The van der Waals surface area contributed by atoms with Crippen molar-refractivity contribution in [3.8, 4) is 6.07 Å². The second-order valence-corrected chi connectivity index (χ2v) is 3.73. The highest BCUT2D eigenvalue weighted by Crippen LogP contribution is 2.13. The van der Waals surface area contributed by atoms with Gasteiger partial charge in [0.15, 0.2) is 0 Å². The summed E-state index contributed by atoms with van der Waals surface area (Å²) in [6.07, 6.45) is 0.885. The lowest BCUT2D eigenvalue weighted by atomic mass is 10.1. The van der Waals surface area contributed by atoms with Gasteiger partial charge in [-0.05, 0) is 24.6 Å². The van der Waals surface area contributed by atoms with Crippen LogP contribution in [0.5, 0.6) is 0 Å². The molecule has 0 aliphatic rings. The third-order valence-electron chi connectivity index (χ3n) is 2.73. The van der Waals surface area contributed by atoms with Crippen molar-refractivity contribution >= 4 is 0 Å². The predicted octanol–water partition coefficient (Wildman–Crippen LogP) is 2.97. The summed E-state index contributed by atoms with van der Waals surface area (Å²) in [7, 11) is 0. The number of nitriles is 1. The van der Waals surface area contributed by atoms with Gasteiger partial charge in [0.2, 0.25) is 0 Å². The Kier molecular flexibility index (Phi) is 3.07. The summed E-state index contributed by atoms with van der Waals surface area (Å²) in [6.45, 7) is 2.91. The van der Waals surface area contributed by atoms with Gasteiger partial charge in [0.05, 0.1) is 0 Å². The lowest BCUT2D eigenvalue weighted by Crippen LogP contribution is -2.03. The maximum absolute atomic E-state index is 8.96. The van der Waals surface area contributed by atoms with E-state index in [1.807, 2.05) is 30.3 Å². The molecule has 0 radical (unpaired) electrons. The van der Waals surface area contributed by atoms with Crippen LogP contribution < -0.4 is 0 Å². The molecule has 1 aromatic heterocycles. The van der Waals surface area contributed by atoms with Crippen LogP contribution in [-0.2, 0) is 13.0 Å². The highest BCUT2D eigenvalue weighted by Gasteiger charge is 2.06. The number of aromatic nitrogens is 1. The second kappa shape index (κ2) is 4.67. The monoisotopic (exact) mass is 210 g/mol. The standard InChI is InChI=1S/C14H14N2/c1-2-16-13(8-9-14(16)11-15)10-12-6-4-3-5-7-12/h3-9H,2,10H2,1H3. The fourth-order valence-corrected chi connectivity index (χ4v) is 1.94. The van der Waals surface area contributed by atoms with E-state index in [2.05, 4.69) is 29.7 Å². The van der Waals surface area contributed by atoms with Crippen molar-refractivity contribution < 1.29 is 0 Å². The molecular weight excluding hydrogens is 196 g/mol. The van der Waals surface area contributed by atoms with E-state index in [1.165, 1.54) is 11.3 Å². The predicted molar refractivity (Wildman–Crippen MR) is 64.1 cm³/mol. The third-order valence-corrected chi connectivity index (χ3v) is 2.73. The highest BCUT2D eigenvalue weighted by molar-refractivity contribution is 5.30. The van der Waals surface area contributed by atoms with E-state index >= 15 is 0 Å². The van der Waals surface area contributed by atoms with Crippen molar-refractivity contribution in [2.24, 2.45) is 0 Å². The van der Waals surface area contributed by atoms with Gasteiger partial charge in [-0.1, -0.05) is 30.3 Å². The van der Waals surface area contributed by atoms with E-state index in [-0.39, 0.29) is 0 Å². The Labute approximate surface area is 95.8 Å². The van der Waals surface area contributed by atoms with Crippen molar-refractivity contribution in [2.45, 2.75) is 19.9 Å². The Morgan fingerprint density at radius 1 is 1.12 bits per heavy atom. The van der Waals surface area contributed by atoms with Gasteiger partial charge in [-0.2, -0.15) is 5.26 Å². The molecule has 2 nitrogen and oxygen atoms in total. The van der Waals surface area contributed by atoms with Crippen LogP contribution in [0, 0.1) is 11.3 Å². The number of benzene rings is 1. The van der Waals surface area contributed by atoms with E-state index in [4.69, 9.17) is 5.26 Å². The molecule has 0 saturated carbocycles. The molecule has 2 aromatic rings. The molecule has 80 valence electrons. The Balaban J connectivity index is 2.29. The van der Waals surface area contributed by atoms with Crippen LogP contribution in [0.3, 0.4) is 0 Å². The number of nitrogens with zero attached hydrogens (tertiary/aromatic N) is 2. The first-order chi connectivity index (χ1) is 7.85. The maximum Gasteiger partial charge on any atom is 0.120 e. The summed E-state index contributed by atoms with van der Waals surface area (Å²) in [6, 6.07) is 16.5. The largest absolute Gasteiger partial charge is 0.337 e. The molecule has 16 heavy (non-hydrogen) atoms. The van der Waals surface area contributed by atoms with Gasteiger partial charge in [-0.3, -0.25) is 0 Å². The molecular formula is C14H14N2. The van der Waals surface area contributed by atoms with Gasteiger partial charge >= 0.3 is 0 Å². The molecule has 0 spiro atoms. The van der Waals surface area contributed by atoms with Crippen molar-refractivity contribution in [3.05, 3.63) is 59.4 Å². The van der Waals surface area contributed by atoms with Gasteiger partial charge in [0.1, 0.15) is 11.8 Å². The molecule has 1 heterocycles. The van der Waals surface area contributed by atoms with Crippen molar-refractivity contribution in [3.63, 3.8) is 0 Å². The average Bonchev–Trinajstić information content (AvgIpc) is 2.72. The SMILES string of the molecule is CCn1c(C#N)ccc1Cc1ccccc1. The van der Waals surface area contributed by atoms with Crippen molar-refractivity contribution in [2.75, 3.05) is 0 Å². The molecule has 2 rings (SSSR count). The first kappa shape index (κ1) is 10.5. The molecule has 0 aliphatic carbocycles. The molecule has 0 amide bonds. The zero-order valence-electron chi connectivity index (χ0n) is 9.35. The summed E-state index contributed by atoms with van der Waals surface area (Å²) in [5.74, 6) is 0. The van der Waals surface area contributed by atoms with Crippen LogP contribution in [-0.4, -0.2) is 4.57 Å². The van der Waals surface area contributed by atoms with Crippen LogP contribution in [0.25, 0.3) is 0 Å². The van der Waals surface area contributed by atoms with E-state index in [0.29, 0.717) is 0 Å². The normalized spacial score (nSPS) is 10.0. The van der Waals surface area contributed by atoms with Gasteiger partial charge in [-0.15, -0.1) is 0 Å². The molecule has 0 unspecified atom stereocenters. The van der Waals surface area contributed by atoms with Gasteiger partial charge in [-0.25, -0.2) is 0 Å². The summed E-state index contributed by atoms with van der Waals surface area (Å²) in [5.41, 5.74) is 3.22. The Hall–Kier alpha value is -2.01. The first-order valence-corrected chi connectivity index (χ1v) is 5.47. The van der Waals surface area contributed by atoms with Crippen molar-refractivity contribution in [1.29, 1.82) is 5.26 Å². The summed E-state index contributed by atoms with van der Waals surface area (Å²) < 4.78 is 2.06. The quantitative estimate of drug-likeness (QED) is 0.765. The van der Waals surface area contributed by atoms with Crippen molar-refractivity contribution in [1.82, 2.24) is 4.57 Å². The molecule has 0 N–H and O–H groups in total. The number of hydrogen-bond acceptors (Lipinski definition) is 1. The molecule has 0 atom stereocenters. The van der Waals surface area contributed by atoms with Crippen LogP contribution in [0.15, 0.2) is 42.5 Å². The minimum Gasteiger partial charge on any atom is -0.337 e. The number of hydrogen-bond donors (Lipinski definition) is 0. The van der Waals surface area contributed by atoms with E-state index in [0.717, 1.165) is 18.7 Å². The molecule has 0 bridgehead atoms. The molecule has 0 saturated heterocycles. The topological polar surface area (TPSA) is 28.7 Å². The summed E-state index contributed by atoms with van der Waals surface area (Å²) in [5, 5.41) is 8.96. The fourth-order valence-electron chi connectivity index (χ4n) is 1.94. The van der Waals surface area contributed by atoms with Crippen LogP contribution in [0.4, 0.5) is 0 Å². The van der Waals surface area contributed by atoms with E-state index in [1.54, 1.807) is 0 Å². The second-order valence-electron chi connectivity index (χ2n) is 3.73. The minimum atomic E-state index is 0.744. The smallest absolute Gasteiger partial charge is 0.120 e. The third kappa shape index (κ3) is 1.99. The summed E-state index contributed by atoms with van der Waals surface area (Å²) >= 11 is 0. The van der Waals surface area contributed by atoms with Crippen LogP contribution in [0.1, 0.15) is 23.9 Å². The molecule has 1 aromatic carbocycles. The summed E-state index contributed by atoms with van der Waals surface area (Å²) in [4.78, 5) is 0. The van der Waals surface area contributed by atoms with Gasteiger partial charge in [0.25, 0.3) is 0 Å². The average molecular weight is 210 g/mol. The van der Waals surface area contributed by atoms with Crippen LogP contribution in [0.2, 0.25) is 0 Å². The zero-order valence-corrected chi connectivity index (χ0v) is 9.35. The number of rotatable bonds is 3. The van der Waals surface area contributed by atoms with Gasteiger partial charge < -0.3 is 4.57 Å².